The molecule has 1 aliphatic carbocycles. The molecule has 0 bridgehead atoms. The van der Waals surface area contributed by atoms with Crippen molar-refractivity contribution in [3.8, 4) is 11.3 Å². The first-order valence-corrected chi connectivity index (χ1v) is 6.30. The summed E-state index contributed by atoms with van der Waals surface area (Å²) in [4.78, 5) is 3.51. The number of oxime groups is 1. The van der Waals surface area contributed by atoms with Crippen molar-refractivity contribution in [2.24, 2.45) is 11.1 Å². The molecule has 1 aliphatic rings. The van der Waals surface area contributed by atoms with Gasteiger partial charge < -0.3 is 10.2 Å². The van der Waals surface area contributed by atoms with Crippen LogP contribution in [-0.2, 0) is 12.8 Å². The second kappa shape index (κ2) is 4.69. The van der Waals surface area contributed by atoms with E-state index in [0.29, 0.717) is 5.92 Å². The first-order valence-electron chi connectivity index (χ1n) is 6.30. The minimum absolute atomic E-state index is 0.363. The zero-order valence-electron chi connectivity index (χ0n) is 10.1. The van der Waals surface area contributed by atoms with Gasteiger partial charge in [0.05, 0.1) is 0 Å². The van der Waals surface area contributed by atoms with Crippen LogP contribution in [-0.4, -0.2) is 16.4 Å². The van der Waals surface area contributed by atoms with E-state index in [1.807, 2.05) is 6.07 Å². The first kappa shape index (κ1) is 11.1. The Labute approximate surface area is 106 Å². The smallest absolute Gasteiger partial charge is 0.0470 e. The Morgan fingerprint density at radius 2 is 2.11 bits per heavy atom. The molecule has 18 heavy (non-hydrogen) atoms. The zero-order valence-corrected chi connectivity index (χ0v) is 10.1. The summed E-state index contributed by atoms with van der Waals surface area (Å²) in [6, 6.07) is 12.6. The number of fused-ring (bicyclic) bond motifs is 1. The number of hydrogen-bond donors (Lipinski definition) is 2. The van der Waals surface area contributed by atoms with Gasteiger partial charge in [-0.2, -0.15) is 0 Å². The van der Waals surface area contributed by atoms with Crippen LogP contribution in [0.5, 0.6) is 0 Å². The molecular weight excluding hydrogens is 224 g/mol. The monoisotopic (exact) mass is 240 g/mol. The normalized spacial score (nSPS) is 19.0. The molecule has 1 atom stereocenters. The zero-order chi connectivity index (χ0) is 12.4. The maximum Gasteiger partial charge on any atom is 0.0470 e. The highest BCUT2D eigenvalue weighted by Gasteiger charge is 2.19. The van der Waals surface area contributed by atoms with Crippen LogP contribution in [0.15, 0.2) is 41.6 Å². The van der Waals surface area contributed by atoms with E-state index in [2.05, 4.69) is 40.5 Å². The van der Waals surface area contributed by atoms with Crippen LogP contribution in [0.2, 0.25) is 0 Å². The van der Waals surface area contributed by atoms with Gasteiger partial charge >= 0.3 is 0 Å². The van der Waals surface area contributed by atoms with Crippen molar-refractivity contribution in [3.63, 3.8) is 0 Å². The first-order chi connectivity index (χ1) is 8.86. The topological polar surface area (TPSA) is 48.4 Å². The van der Waals surface area contributed by atoms with Crippen LogP contribution in [0.3, 0.4) is 0 Å². The van der Waals surface area contributed by atoms with Crippen molar-refractivity contribution in [1.29, 1.82) is 0 Å². The molecule has 0 radical (unpaired) electrons. The van der Waals surface area contributed by atoms with E-state index in [-0.39, 0.29) is 0 Å². The van der Waals surface area contributed by atoms with Gasteiger partial charge in [-0.25, -0.2) is 0 Å². The fourth-order valence-corrected chi connectivity index (χ4v) is 2.65. The number of H-pyrrole nitrogens is 1. The third-order valence-electron chi connectivity index (χ3n) is 3.60. The molecule has 0 saturated carbocycles. The molecule has 1 aromatic carbocycles. The van der Waals surface area contributed by atoms with Gasteiger partial charge in [-0.1, -0.05) is 30.3 Å². The van der Waals surface area contributed by atoms with E-state index in [1.165, 1.54) is 22.5 Å². The van der Waals surface area contributed by atoms with Crippen LogP contribution in [0.1, 0.15) is 17.7 Å². The Hall–Kier alpha value is -2.03. The number of aromatic nitrogens is 1. The van der Waals surface area contributed by atoms with Crippen molar-refractivity contribution in [1.82, 2.24) is 4.98 Å². The molecule has 0 amide bonds. The van der Waals surface area contributed by atoms with Gasteiger partial charge in [0.2, 0.25) is 0 Å². The van der Waals surface area contributed by atoms with Crippen molar-refractivity contribution in [2.75, 3.05) is 0 Å². The summed E-state index contributed by atoms with van der Waals surface area (Å²) in [7, 11) is 0. The number of nitrogens with one attached hydrogen (secondary N) is 1. The molecular formula is C15H16N2O. The fraction of sp³-hybridized carbons (Fsp3) is 0.267. The van der Waals surface area contributed by atoms with Gasteiger partial charge in [-0.05, 0) is 36.5 Å². The minimum atomic E-state index is 0.363. The maximum atomic E-state index is 8.61. The van der Waals surface area contributed by atoms with Gasteiger partial charge in [0, 0.05) is 23.5 Å². The summed E-state index contributed by atoms with van der Waals surface area (Å²) < 4.78 is 0. The maximum absolute atomic E-state index is 8.61. The van der Waals surface area contributed by atoms with E-state index in [0.717, 1.165) is 19.3 Å². The lowest BCUT2D eigenvalue weighted by atomic mass is 9.88. The number of benzene rings is 1. The molecule has 1 unspecified atom stereocenters. The molecule has 3 heteroatoms. The number of aryl methyl sites for hydroxylation is 1. The van der Waals surface area contributed by atoms with E-state index in [1.54, 1.807) is 6.21 Å². The average molecular weight is 240 g/mol. The average Bonchev–Trinajstić information content (AvgIpc) is 2.83. The summed E-state index contributed by atoms with van der Waals surface area (Å²) in [6.45, 7) is 0. The van der Waals surface area contributed by atoms with E-state index < -0.39 is 0 Å². The molecule has 3 nitrogen and oxygen atoms in total. The molecule has 0 fully saturated rings. The minimum Gasteiger partial charge on any atom is -0.411 e. The van der Waals surface area contributed by atoms with Crippen molar-refractivity contribution >= 4 is 6.21 Å². The van der Waals surface area contributed by atoms with E-state index >= 15 is 0 Å². The standard InChI is InChI=1S/C15H16N2O/c18-16-10-11-6-7-14-13(8-11)9-15(17-14)12-4-2-1-3-5-12/h1-5,9-11,17-18H,6-8H2. The van der Waals surface area contributed by atoms with E-state index in [4.69, 9.17) is 5.21 Å². The van der Waals surface area contributed by atoms with Gasteiger partial charge in [-0.3, -0.25) is 0 Å². The Morgan fingerprint density at radius 3 is 2.89 bits per heavy atom. The molecule has 1 heterocycles. The van der Waals surface area contributed by atoms with Crippen LogP contribution in [0, 0.1) is 5.92 Å². The predicted molar refractivity (Wildman–Crippen MR) is 72.0 cm³/mol. The van der Waals surface area contributed by atoms with Crippen LogP contribution >= 0.6 is 0 Å². The van der Waals surface area contributed by atoms with Crippen molar-refractivity contribution in [2.45, 2.75) is 19.3 Å². The Balaban J connectivity index is 1.90. The highest BCUT2D eigenvalue weighted by molar-refractivity contribution is 5.64. The number of hydrogen-bond acceptors (Lipinski definition) is 2. The predicted octanol–water partition coefficient (Wildman–Crippen LogP) is 3.25. The van der Waals surface area contributed by atoms with Crippen LogP contribution in [0.25, 0.3) is 11.3 Å². The third-order valence-corrected chi connectivity index (χ3v) is 3.60. The summed E-state index contributed by atoms with van der Waals surface area (Å²) >= 11 is 0. The molecule has 1 aromatic heterocycles. The highest BCUT2D eigenvalue weighted by atomic mass is 16.4. The SMILES string of the molecule is ON=CC1CCc2[nH]c(-c3ccccc3)cc2C1. The third kappa shape index (κ3) is 2.04. The quantitative estimate of drug-likeness (QED) is 0.472. The van der Waals surface area contributed by atoms with Gasteiger partial charge in [0.25, 0.3) is 0 Å². The van der Waals surface area contributed by atoms with E-state index in [9.17, 15) is 0 Å². The second-order valence-corrected chi connectivity index (χ2v) is 4.82. The Kier molecular flexibility index (Phi) is 2.89. The van der Waals surface area contributed by atoms with Crippen molar-refractivity contribution < 1.29 is 5.21 Å². The van der Waals surface area contributed by atoms with Gasteiger partial charge in [-0.15, -0.1) is 5.16 Å². The second-order valence-electron chi connectivity index (χ2n) is 4.82. The van der Waals surface area contributed by atoms with Crippen molar-refractivity contribution in [3.05, 3.63) is 47.7 Å². The summed E-state index contributed by atoms with van der Waals surface area (Å²) in [6.07, 6.45) is 4.69. The Morgan fingerprint density at radius 1 is 1.28 bits per heavy atom. The molecule has 2 N–H and O–H groups in total. The highest BCUT2D eigenvalue weighted by Crippen LogP contribution is 2.29. The summed E-state index contributed by atoms with van der Waals surface area (Å²) in [5.41, 5.74) is 5.09. The lowest BCUT2D eigenvalue weighted by Crippen LogP contribution is -2.14. The lowest BCUT2D eigenvalue weighted by molar-refractivity contribution is 0.317. The fourth-order valence-electron chi connectivity index (χ4n) is 2.65. The summed E-state index contributed by atoms with van der Waals surface area (Å²) in [5, 5.41) is 11.8. The largest absolute Gasteiger partial charge is 0.411 e. The van der Waals surface area contributed by atoms with Gasteiger partial charge in [0.1, 0.15) is 0 Å². The molecule has 0 spiro atoms. The molecule has 0 saturated heterocycles. The summed E-state index contributed by atoms with van der Waals surface area (Å²) in [5.74, 6) is 0.363. The molecule has 3 rings (SSSR count). The number of aromatic amines is 1. The molecule has 92 valence electrons. The number of nitrogens with zero attached hydrogens (tertiary/aromatic N) is 1. The molecule has 2 aromatic rings. The number of rotatable bonds is 2. The van der Waals surface area contributed by atoms with Gasteiger partial charge in [0.15, 0.2) is 0 Å². The Bertz CT molecular complexity index is 557. The lowest BCUT2D eigenvalue weighted by Gasteiger charge is -2.17. The van der Waals surface area contributed by atoms with Crippen LogP contribution in [0.4, 0.5) is 0 Å². The van der Waals surface area contributed by atoms with Crippen LogP contribution < -0.4 is 0 Å². The molecule has 0 aliphatic heterocycles.